The first-order valence-electron chi connectivity index (χ1n) is 15.3. The second kappa shape index (κ2) is 22.2. The first kappa shape index (κ1) is 39.7. The van der Waals surface area contributed by atoms with Crippen LogP contribution in [0, 0.1) is 16.0 Å². The van der Waals surface area contributed by atoms with Crippen LogP contribution in [0.2, 0.25) is 0 Å². The number of carbonyl (C=O) groups excluding carboxylic acids is 2. The van der Waals surface area contributed by atoms with E-state index in [-0.39, 0.29) is 24.0 Å². The van der Waals surface area contributed by atoms with Gasteiger partial charge in [-0.15, -0.1) is 10.1 Å². The molecule has 12 heteroatoms. The Morgan fingerprint density at radius 3 is 2.41 bits per heavy atom. The summed E-state index contributed by atoms with van der Waals surface area (Å²) in [5.41, 5.74) is -0.188. The monoisotopic (exact) mass is 650 g/mol. The number of esters is 1. The number of unbranched alkanes of at least 4 members (excludes halogenated alkanes) is 1. The molecule has 2 rings (SSSR count). The number of hydrogen-bond donors (Lipinski definition) is 1. The third kappa shape index (κ3) is 17.8. The Bertz CT molecular complexity index is 1270. The van der Waals surface area contributed by atoms with E-state index in [1.807, 2.05) is 19.1 Å². The van der Waals surface area contributed by atoms with Crippen LogP contribution in [-0.4, -0.2) is 29.6 Å². The lowest BCUT2D eigenvalue weighted by Crippen LogP contribution is -2.40. The van der Waals surface area contributed by atoms with E-state index in [4.69, 9.17) is 9.47 Å². The van der Waals surface area contributed by atoms with Crippen LogP contribution in [0.15, 0.2) is 72.8 Å². The zero-order valence-corrected chi connectivity index (χ0v) is 26.9. The summed E-state index contributed by atoms with van der Waals surface area (Å²) in [6.45, 7) is 7.91. The number of rotatable bonds is 18. The first-order valence-corrected chi connectivity index (χ1v) is 15.3. The van der Waals surface area contributed by atoms with Crippen molar-refractivity contribution >= 4 is 11.9 Å². The zero-order valence-electron chi connectivity index (χ0n) is 26.9. The number of alkyl halides is 3. The molecule has 0 saturated carbocycles. The molecule has 0 spiro atoms. The van der Waals surface area contributed by atoms with Gasteiger partial charge in [-0.1, -0.05) is 62.8 Å². The van der Waals surface area contributed by atoms with E-state index in [0.717, 1.165) is 31.4 Å². The van der Waals surface area contributed by atoms with Crippen LogP contribution in [0.5, 0.6) is 11.5 Å². The van der Waals surface area contributed by atoms with Crippen molar-refractivity contribution in [1.29, 1.82) is 0 Å². The summed E-state index contributed by atoms with van der Waals surface area (Å²) < 4.78 is 48.2. The maximum atomic E-state index is 12.5. The van der Waals surface area contributed by atoms with E-state index in [2.05, 4.69) is 36.2 Å². The summed E-state index contributed by atoms with van der Waals surface area (Å²) in [5, 5.41) is 11.9. The zero-order chi connectivity index (χ0) is 34.4. The Labute approximate surface area is 268 Å². The maximum absolute atomic E-state index is 12.5. The molecule has 1 N–H and O–H groups in total. The van der Waals surface area contributed by atoms with E-state index in [1.54, 1.807) is 24.3 Å². The fraction of sp³-hybridized carbons (Fsp3) is 0.471. The van der Waals surface area contributed by atoms with E-state index in [0.29, 0.717) is 37.4 Å². The molecule has 254 valence electrons. The highest BCUT2D eigenvalue weighted by Crippen LogP contribution is 2.31. The van der Waals surface area contributed by atoms with Crippen molar-refractivity contribution in [3.8, 4) is 11.5 Å². The first-order chi connectivity index (χ1) is 21.9. The van der Waals surface area contributed by atoms with Gasteiger partial charge in [0.25, 0.3) is 5.09 Å². The Morgan fingerprint density at radius 1 is 1.04 bits per heavy atom. The molecule has 0 aliphatic rings. The van der Waals surface area contributed by atoms with Crippen LogP contribution in [0.1, 0.15) is 83.8 Å². The van der Waals surface area contributed by atoms with Crippen LogP contribution in [0.25, 0.3) is 0 Å². The number of nitrogens with zero attached hydrogens (tertiary/aromatic N) is 1. The van der Waals surface area contributed by atoms with E-state index in [1.165, 1.54) is 25.5 Å². The van der Waals surface area contributed by atoms with Gasteiger partial charge < -0.3 is 19.6 Å². The number of hydrogen-bond acceptors (Lipinski definition) is 7. The topological polar surface area (TPSA) is 117 Å². The van der Waals surface area contributed by atoms with E-state index < -0.39 is 28.8 Å². The van der Waals surface area contributed by atoms with Crippen LogP contribution in [0.4, 0.5) is 13.2 Å². The molecular formula is C34H45F3N2O7. The highest BCUT2D eigenvalue weighted by Gasteiger charge is 2.30. The van der Waals surface area contributed by atoms with Crippen molar-refractivity contribution in [2.24, 2.45) is 5.92 Å². The molecule has 0 saturated heterocycles. The number of halogens is 3. The standard InChI is InChI=1S/C17H23F3O.C17H22N2O6/c1-3-8-14(4-2)9-5-6-12-21-16-11-7-10-15(13-16)17(18,19)20;1-3-4-5-6-10-16(20)18-13(2)17(21)25-15-9-7-8-14(11-15)12-24-19(22)23/h5,7,9-11,13-14H,3-4,6,8,12H2,1-2H3;3-4,7-9,11,13H,5-6,10,12H2,1-2H3,(H,18,20)/b9-5+;4-3-. The molecule has 1 amide bonds. The molecule has 0 aliphatic heterocycles. The van der Waals surface area contributed by atoms with Crippen molar-refractivity contribution in [2.75, 3.05) is 6.61 Å². The average Bonchev–Trinajstić information content (AvgIpc) is 3.01. The van der Waals surface area contributed by atoms with Gasteiger partial charge in [0.1, 0.15) is 24.1 Å². The minimum absolute atomic E-state index is 0.220. The van der Waals surface area contributed by atoms with Crippen molar-refractivity contribution < 1.29 is 42.2 Å². The quantitative estimate of drug-likeness (QED) is 0.0430. The molecular weight excluding hydrogens is 605 g/mol. The largest absolute Gasteiger partial charge is 0.493 e. The van der Waals surface area contributed by atoms with Crippen molar-refractivity contribution in [3.63, 3.8) is 0 Å². The summed E-state index contributed by atoms with van der Waals surface area (Å²) in [7, 11) is 0. The normalized spacial score (nSPS) is 12.6. The smallest absolute Gasteiger partial charge is 0.416 e. The predicted octanol–water partition coefficient (Wildman–Crippen LogP) is 8.41. The summed E-state index contributed by atoms with van der Waals surface area (Å²) in [6, 6.07) is 10.4. The average molecular weight is 651 g/mol. The minimum atomic E-state index is -4.33. The molecule has 0 fully saturated rings. The minimum Gasteiger partial charge on any atom is -0.493 e. The van der Waals surface area contributed by atoms with Gasteiger partial charge in [-0.05, 0) is 87.8 Å². The van der Waals surface area contributed by atoms with Crippen molar-refractivity contribution in [2.45, 2.75) is 91.5 Å². The number of carbonyl (C=O) groups is 2. The molecule has 0 bridgehead atoms. The molecule has 0 aliphatic carbocycles. The van der Waals surface area contributed by atoms with Gasteiger partial charge in [-0.2, -0.15) is 13.2 Å². The predicted molar refractivity (Wildman–Crippen MR) is 170 cm³/mol. The van der Waals surface area contributed by atoms with Gasteiger partial charge in [-0.3, -0.25) is 4.79 Å². The van der Waals surface area contributed by atoms with Gasteiger partial charge in [0, 0.05) is 6.42 Å². The molecule has 2 unspecified atom stereocenters. The van der Waals surface area contributed by atoms with E-state index >= 15 is 0 Å². The SMILES string of the molecule is C/C=C\CCCC(=O)NC(C)C(=O)Oc1cccc(CO[N+](=O)[O-])c1.CCCC(/C=C/CCOc1cccc(C(F)(F)F)c1)CC. The fourth-order valence-corrected chi connectivity index (χ4v) is 4.05. The molecule has 0 aromatic heterocycles. The maximum Gasteiger partial charge on any atom is 0.416 e. The summed E-state index contributed by atoms with van der Waals surface area (Å²) in [4.78, 5) is 38.2. The lowest BCUT2D eigenvalue weighted by molar-refractivity contribution is -0.763. The molecule has 46 heavy (non-hydrogen) atoms. The van der Waals surface area contributed by atoms with Gasteiger partial charge >= 0.3 is 12.1 Å². The Morgan fingerprint density at radius 2 is 1.76 bits per heavy atom. The summed E-state index contributed by atoms with van der Waals surface area (Å²) in [5.74, 6) is 0.238. The molecule has 0 radical (unpaired) electrons. The van der Waals surface area contributed by atoms with Crippen molar-refractivity contribution in [3.05, 3.63) is 94.1 Å². The third-order valence-electron chi connectivity index (χ3n) is 6.50. The summed E-state index contributed by atoms with van der Waals surface area (Å²) in [6.07, 6.45) is 9.78. The van der Waals surface area contributed by atoms with Gasteiger partial charge in [0.05, 0.1) is 12.2 Å². The number of benzene rings is 2. The van der Waals surface area contributed by atoms with Crippen LogP contribution in [-0.2, 0) is 27.2 Å². The Kier molecular flexibility index (Phi) is 19.1. The number of allylic oxidation sites excluding steroid dienone is 3. The molecule has 0 heterocycles. The van der Waals surface area contributed by atoms with Gasteiger partial charge in [0.15, 0.2) is 0 Å². The fourth-order valence-electron chi connectivity index (χ4n) is 4.05. The highest BCUT2D eigenvalue weighted by molar-refractivity contribution is 5.85. The lowest BCUT2D eigenvalue weighted by atomic mass is 10.0. The Balaban J connectivity index is 0.000000467. The van der Waals surface area contributed by atoms with Gasteiger partial charge in [0.2, 0.25) is 5.91 Å². The number of amides is 1. The molecule has 2 aromatic rings. The lowest BCUT2D eigenvalue weighted by Gasteiger charge is -2.13. The molecule has 2 aromatic carbocycles. The van der Waals surface area contributed by atoms with Crippen LogP contribution < -0.4 is 14.8 Å². The van der Waals surface area contributed by atoms with Gasteiger partial charge in [-0.25, -0.2) is 4.79 Å². The van der Waals surface area contributed by atoms with Crippen LogP contribution >= 0.6 is 0 Å². The Hall–Kier alpha value is -4.35. The molecule has 2 atom stereocenters. The second-order valence-electron chi connectivity index (χ2n) is 10.4. The van der Waals surface area contributed by atoms with E-state index in [9.17, 15) is 32.9 Å². The highest BCUT2D eigenvalue weighted by atomic mass is 19.4. The van der Waals surface area contributed by atoms with Crippen molar-refractivity contribution in [1.82, 2.24) is 5.32 Å². The van der Waals surface area contributed by atoms with Crippen LogP contribution in [0.3, 0.4) is 0 Å². The third-order valence-corrected chi connectivity index (χ3v) is 6.50. The second-order valence-corrected chi connectivity index (χ2v) is 10.4. The molecule has 9 nitrogen and oxygen atoms in total. The summed E-state index contributed by atoms with van der Waals surface area (Å²) >= 11 is 0. The number of nitrogens with one attached hydrogen (secondary N) is 1. The number of ether oxygens (including phenoxy) is 2.